The second-order valence-corrected chi connectivity index (χ2v) is 12.0. The molecule has 1 aliphatic heterocycles. The number of ether oxygens (including phenoxy) is 3. The molecule has 0 spiro atoms. The van der Waals surface area contributed by atoms with Gasteiger partial charge in [0.05, 0.1) is 17.6 Å². The summed E-state index contributed by atoms with van der Waals surface area (Å²) in [6.45, 7) is 5.28. The van der Waals surface area contributed by atoms with Crippen molar-refractivity contribution in [2.24, 2.45) is 22.7 Å². The molecule has 11 nitrogen and oxygen atoms in total. The molecule has 0 aromatic carbocycles. The topological polar surface area (TPSA) is 152 Å². The van der Waals surface area contributed by atoms with E-state index in [1.165, 1.54) is 12.2 Å². The molecule has 1 saturated heterocycles. The van der Waals surface area contributed by atoms with E-state index in [2.05, 4.69) is 4.84 Å². The lowest BCUT2D eigenvalue weighted by molar-refractivity contribution is -0.489. The highest BCUT2D eigenvalue weighted by Crippen LogP contribution is 2.72. The van der Waals surface area contributed by atoms with Crippen molar-refractivity contribution in [1.29, 1.82) is 0 Å². The van der Waals surface area contributed by atoms with Crippen molar-refractivity contribution in [3.63, 3.8) is 0 Å². The molecule has 4 fully saturated rings. The second kappa shape index (κ2) is 8.72. The first kappa shape index (κ1) is 27.5. The highest BCUT2D eigenvalue weighted by molar-refractivity contribution is 6.01. The fourth-order valence-electron chi connectivity index (χ4n) is 8.21. The fourth-order valence-corrected chi connectivity index (χ4v) is 8.21. The SMILES string of the molecule is CC1(C)O[C@@H]2C[C@H]3C4CCC5=CC(=O)C=C[C@]5(C)[C@@]4(F)[C@@H](O)C[C@]3(C)[C@]2(C(=O)COC(=O)CON(O)O)O1. The molecule has 0 aromatic heterocycles. The Balaban J connectivity index is 1.49. The largest absolute Gasteiger partial charge is 0.456 e. The summed E-state index contributed by atoms with van der Waals surface area (Å²) in [5, 5.41) is 28.1. The lowest BCUT2D eigenvalue weighted by Crippen LogP contribution is -2.70. The molecule has 5 aliphatic rings. The Morgan fingerprint density at radius 1 is 1.18 bits per heavy atom. The summed E-state index contributed by atoms with van der Waals surface area (Å²) in [6.07, 6.45) is 3.17. The lowest BCUT2D eigenvalue weighted by atomic mass is 9.44. The average Bonchev–Trinajstić information content (AvgIpc) is 3.23. The summed E-state index contributed by atoms with van der Waals surface area (Å²) in [5.41, 5.74) is -5.30. The van der Waals surface area contributed by atoms with Crippen LogP contribution in [0.15, 0.2) is 23.8 Å². The molecule has 0 bridgehead atoms. The minimum Gasteiger partial charge on any atom is -0.456 e. The molecule has 12 heteroatoms. The number of esters is 1. The van der Waals surface area contributed by atoms with Crippen LogP contribution in [0.4, 0.5) is 4.39 Å². The molecule has 0 radical (unpaired) electrons. The Labute approximate surface area is 219 Å². The van der Waals surface area contributed by atoms with E-state index >= 15 is 4.39 Å². The highest BCUT2D eigenvalue weighted by Gasteiger charge is 2.80. The molecule has 8 atom stereocenters. The number of halogens is 1. The fraction of sp³-hybridized carbons (Fsp3) is 0.731. The van der Waals surface area contributed by atoms with E-state index < -0.39 is 82.3 Å². The van der Waals surface area contributed by atoms with Gasteiger partial charge >= 0.3 is 5.97 Å². The number of alkyl halides is 1. The van der Waals surface area contributed by atoms with Crippen LogP contribution in [0.2, 0.25) is 0 Å². The number of hydrogen-bond acceptors (Lipinski definition) is 11. The van der Waals surface area contributed by atoms with Crippen LogP contribution in [0, 0.1) is 22.7 Å². The van der Waals surface area contributed by atoms with E-state index in [4.69, 9.17) is 24.6 Å². The van der Waals surface area contributed by atoms with Gasteiger partial charge in [-0.1, -0.05) is 18.6 Å². The van der Waals surface area contributed by atoms with Gasteiger partial charge in [-0.15, -0.1) is 0 Å². The maximum absolute atomic E-state index is 17.4. The first-order valence-electron chi connectivity index (χ1n) is 12.8. The third-order valence-corrected chi connectivity index (χ3v) is 9.71. The summed E-state index contributed by atoms with van der Waals surface area (Å²) in [7, 11) is 0. The Hall–Kier alpha value is -2.06. The maximum Gasteiger partial charge on any atom is 0.334 e. The number of aliphatic hydroxyl groups is 1. The number of carbonyl (C=O) groups is 3. The number of Topliss-reactive ketones (excluding diaryl/α,β-unsaturated/α-hetero) is 1. The summed E-state index contributed by atoms with van der Waals surface area (Å²) >= 11 is 0. The molecule has 38 heavy (non-hydrogen) atoms. The van der Waals surface area contributed by atoms with Crippen LogP contribution in [0.1, 0.15) is 53.4 Å². The van der Waals surface area contributed by atoms with Crippen LogP contribution in [0.5, 0.6) is 0 Å². The smallest absolute Gasteiger partial charge is 0.334 e. The van der Waals surface area contributed by atoms with Gasteiger partial charge in [0.15, 0.2) is 36.1 Å². The Bertz CT molecular complexity index is 1120. The van der Waals surface area contributed by atoms with Gasteiger partial charge in [-0.3, -0.25) is 20.0 Å². The molecular weight excluding hydrogens is 505 g/mol. The van der Waals surface area contributed by atoms with Crippen molar-refractivity contribution < 1.29 is 53.3 Å². The normalized spacial score (nSPS) is 44.7. The predicted octanol–water partition coefficient (Wildman–Crippen LogP) is 1.98. The first-order chi connectivity index (χ1) is 17.6. The summed E-state index contributed by atoms with van der Waals surface area (Å²) < 4.78 is 34.9. The number of hydrogen-bond donors (Lipinski definition) is 3. The van der Waals surface area contributed by atoms with E-state index in [1.807, 2.05) is 0 Å². The molecule has 0 amide bonds. The molecule has 0 aromatic rings. The minimum atomic E-state index is -2.08. The number of rotatable bonds is 6. The Kier molecular flexibility index (Phi) is 6.31. The quantitative estimate of drug-likeness (QED) is 0.336. The monoisotopic (exact) mass is 539 g/mol. The van der Waals surface area contributed by atoms with Gasteiger partial charge in [-0.05, 0) is 64.5 Å². The van der Waals surface area contributed by atoms with Crippen molar-refractivity contribution in [2.45, 2.75) is 82.6 Å². The minimum absolute atomic E-state index is 0.113. The molecular formula is C26H34FNO10. The lowest BCUT2D eigenvalue weighted by Gasteiger charge is -2.62. The molecule has 1 unspecified atom stereocenters. The third kappa shape index (κ3) is 3.61. The van der Waals surface area contributed by atoms with Crippen molar-refractivity contribution in [3.05, 3.63) is 23.8 Å². The van der Waals surface area contributed by atoms with Crippen molar-refractivity contribution in [2.75, 3.05) is 13.2 Å². The molecule has 1 heterocycles. The van der Waals surface area contributed by atoms with Crippen LogP contribution < -0.4 is 0 Å². The number of ketones is 2. The third-order valence-electron chi connectivity index (χ3n) is 9.71. The number of aliphatic hydroxyl groups excluding tert-OH is 1. The van der Waals surface area contributed by atoms with Gasteiger partial charge in [0.1, 0.15) is 0 Å². The number of fused-ring (bicyclic) bond motifs is 7. The van der Waals surface area contributed by atoms with Crippen molar-refractivity contribution in [1.82, 2.24) is 5.39 Å². The standard InChI is InChI=1S/C26H34FNO10/c1-22(2)37-20-10-17-16-6-5-14-9-15(29)7-8-23(14,3)25(16,27)18(30)11-24(17,4)26(20,38-22)19(31)12-35-21(32)13-36-28(33)34/h7-9,16-18,20,30,33-34H,5-6,10-13H2,1-4H3/t16?,17-,18-,20+,23-,24-,25-,26+/m0/s1. The first-order valence-corrected chi connectivity index (χ1v) is 12.8. The Morgan fingerprint density at radius 2 is 1.89 bits per heavy atom. The van der Waals surface area contributed by atoms with Gasteiger partial charge in [0.2, 0.25) is 5.78 Å². The maximum atomic E-state index is 17.4. The predicted molar refractivity (Wildman–Crippen MR) is 124 cm³/mol. The molecule has 3 N–H and O–H groups in total. The van der Waals surface area contributed by atoms with Crippen LogP contribution in [-0.2, 0) is 33.4 Å². The molecule has 3 saturated carbocycles. The molecule has 5 rings (SSSR count). The zero-order valence-corrected chi connectivity index (χ0v) is 21.8. The van der Waals surface area contributed by atoms with Gasteiger partial charge in [0.25, 0.3) is 0 Å². The van der Waals surface area contributed by atoms with E-state index in [9.17, 15) is 19.5 Å². The summed E-state index contributed by atoms with van der Waals surface area (Å²) in [5.74, 6) is -4.06. The van der Waals surface area contributed by atoms with Gasteiger partial charge in [-0.2, -0.15) is 0 Å². The van der Waals surface area contributed by atoms with E-state index in [0.29, 0.717) is 24.8 Å². The van der Waals surface area contributed by atoms with E-state index in [0.717, 1.165) is 0 Å². The van der Waals surface area contributed by atoms with Crippen LogP contribution in [-0.4, -0.2) is 80.9 Å². The zero-order chi connectivity index (χ0) is 27.9. The highest BCUT2D eigenvalue weighted by atomic mass is 19.1. The average molecular weight is 540 g/mol. The number of allylic oxidation sites excluding steroid dienone is 4. The van der Waals surface area contributed by atoms with Gasteiger partial charge < -0.3 is 19.3 Å². The number of nitrogens with zero attached hydrogens (tertiary/aromatic N) is 1. The van der Waals surface area contributed by atoms with Crippen molar-refractivity contribution >= 4 is 17.5 Å². The van der Waals surface area contributed by atoms with E-state index in [1.54, 1.807) is 33.8 Å². The van der Waals surface area contributed by atoms with Crippen LogP contribution >= 0.6 is 0 Å². The molecule has 4 aliphatic carbocycles. The van der Waals surface area contributed by atoms with Gasteiger partial charge in [-0.25, -0.2) is 14.0 Å². The van der Waals surface area contributed by atoms with E-state index in [-0.39, 0.29) is 12.2 Å². The molecule has 210 valence electrons. The summed E-state index contributed by atoms with van der Waals surface area (Å²) in [4.78, 5) is 42.1. The summed E-state index contributed by atoms with van der Waals surface area (Å²) in [6, 6.07) is 0. The number of carbonyl (C=O) groups excluding carboxylic acids is 3. The second-order valence-electron chi connectivity index (χ2n) is 12.0. The van der Waals surface area contributed by atoms with Crippen molar-refractivity contribution in [3.8, 4) is 0 Å². The Morgan fingerprint density at radius 3 is 2.58 bits per heavy atom. The zero-order valence-electron chi connectivity index (χ0n) is 21.8. The van der Waals surface area contributed by atoms with Crippen LogP contribution in [0.25, 0.3) is 0 Å². The van der Waals surface area contributed by atoms with Gasteiger partial charge in [0, 0.05) is 16.7 Å². The van der Waals surface area contributed by atoms with Crippen LogP contribution in [0.3, 0.4) is 0 Å².